The molecule has 0 spiro atoms. The van der Waals surface area contributed by atoms with Gasteiger partial charge in [0, 0.05) is 18.7 Å². The monoisotopic (exact) mass is 402 g/mol. The lowest BCUT2D eigenvalue weighted by molar-refractivity contribution is -0.117. The molecule has 0 saturated carbocycles. The molecule has 1 atom stereocenters. The smallest absolute Gasteiger partial charge is 0.240 e. The summed E-state index contributed by atoms with van der Waals surface area (Å²) in [5.41, 5.74) is 2.54. The van der Waals surface area contributed by atoms with E-state index in [0.717, 1.165) is 29.0 Å². The van der Waals surface area contributed by atoms with Gasteiger partial charge < -0.3 is 9.64 Å². The van der Waals surface area contributed by atoms with E-state index in [-0.39, 0.29) is 17.4 Å². The molecular weight excluding hydrogens is 376 g/mol. The number of rotatable bonds is 7. The number of anilines is 1. The fraction of sp³-hybridized carbons (Fsp3) is 0.381. The van der Waals surface area contributed by atoms with Gasteiger partial charge in [-0.2, -0.15) is 0 Å². The number of carbonyl (C=O) groups excluding carboxylic acids is 1. The van der Waals surface area contributed by atoms with Crippen molar-refractivity contribution in [3.05, 3.63) is 53.6 Å². The zero-order chi connectivity index (χ0) is 20.3. The summed E-state index contributed by atoms with van der Waals surface area (Å²) in [6.07, 6.45) is 1.37. The summed E-state index contributed by atoms with van der Waals surface area (Å²) in [5, 5.41) is 0. The van der Waals surface area contributed by atoms with E-state index in [2.05, 4.69) is 4.72 Å². The molecule has 150 valence electrons. The third kappa shape index (κ3) is 4.54. The van der Waals surface area contributed by atoms with E-state index in [1.54, 1.807) is 30.0 Å². The Hall–Kier alpha value is -2.38. The van der Waals surface area contributed by atoms with Crippen molar-refractivity contribution >= 4 is 21.6 Å². The van der Waals surface area contributed by atoms with Gasteiger partial charge in [0.05, 0.1) is 10.9 Å². The highest BCUT2D eigenvalue weighted by Crippen LogP contribution is 2.27. The maximum Gasteiger partial charge on any atom is 0.240 e. The molecule has 2 aromatic rings. The Bertz CT molecular complexity index is 972. The van der Waals surface area contributed by atoms with Crippen molar-refractivity contribution in [2.24, 2.45) is 0 Å². The van der Waals surface area contributed by atoms with Crippen molar-refractivity contribution in [1.29, 1.82) is 0 Å². The Kier molecular flexibility index (Phi) is 6.05. The number of nitrogens with one attached hydrogen (secondary N) is 1. The maximum absolute atomic E-state index is 12.7. The molecule has 1 aliphatic rings. The van der Waals surface area contributed by atoms with E-state index < -0.39 is 16.1 Å². The van der Waals surface area contributed by atoms with E-state index in [1.165, 1.54) is 0 Å². The molecule has 1 heterocycles. The molecule has 7 heteroatoms. The van der Waals surface area contributed by atoms with Gasteiger partial charge in [-0.1, -0.05) is 18.2 Å². The van der Waals surface area contributed by atoms with Gasteiger partial charge >= 0.3 is 0 Å². The van der Waals surface area contributed by atoms with Crippen LogP contribution < -0.4 is 14.4 Å². The first-order chi connectivity index (χ1) is 13.3. The zero-order valence-corrected chi connectivity index (χ0v) is 17.3. The number of hydrogen-bond donors (Lipinski definition) is 1. The van der Waals surface area contributed by atoms with Gasteiger partial charge in [0.1, 0.15) is 12.4 Å². The second-order valence-corrected chi connectivity index (χ2v) is 8.91. The molecule has 2 aromatic carbocycles. The van der Waals surface area contributed by atoms with E-state index in [4.69, 9.17) is 4.74 Å². The van der Waals surface area contributed by atoms with E-state index in [1.807, 2.05) is 38.1 Å². The summed E-state index contributed by atoms with van der Waals surface area (Å²) in [5.74, 6) is 0.822. The van der Waals surface area contributed by atoms with Crippen LogP contribution in [0.2, 0.25) is 0 Å². The summed E-state index contributed by atoms with van der Waals surface area (Å²) in [6.45, 7) is 6.44. The molecule has 1 fully saturated rings. The van der Waals surface area contributed by atoms with Crippen LogP contribution in [0.4, 0.5) is 5.69 Å². The molecule has 1 N–H and O–H groups in total. The van der Waals surface area contributed by atoms with E-state index in [0.29, 0.717) is 13.0 Å². The Balaban J connectivity index is 1.67. The highest BCUT2D eigenvalue weighted by molar-refractivity contribution is 7.89. The first-order valence-corrected chi connectivity index (χ1v) is 10.9. The lowest BCUT2D eigenvalue weighted by Gasteiger charge is -2.20. The molecule has 0 unspecified atom stereocenters. The highest BCUT2D eigenvalue weighted by atomic mass is 32.2. The molecule has 0 bridgehead atoms. The van der Waals surface area contributed by atoms with Gasteiger partial charge in [-0.3, -0.25) is 4.79 Å². The van der Waals surface area contributed by atoms with Gasteiger partial charge in [-0.05, 0) is 62.6 Å². The van der Waals surface area contributed by atoms with Gasteiger partial charge in [0.2, 0.25) is 15.9 Å². The Labute approximate surface area is 166 Å². The van der Waals surface area contributed by atoms with Crippen LogP contribution in [0.1, 0.15) is 30.9 Å². The minimum absolute atomic E-state index is 0.0822. The molecule has 0 aliphatic carbocycles. The predicted molar refractivity (Wildman–Crippen MR) is 109 cm³/mol. The van der Waals surface area contributed by atoms with Gasteiger partial charge in [0.25, 0.3) is 0 Å². The van der Waals surface area contributed by atoms with Crippen LogP contribution in [0.25, 0.3) is 0 Å². The van der Waals surface area contributed by atoms with Crippen LogP contribution in [-0.2, 0) is 14.8 Å². The average Bonchev–Trinajstić information content (AvgIpc) is 3.06. The normalized spacial score (nSPS) is 15.7. The van der Waals surface area contributed by atoms with Crippen molar-refractivity contribution < 1.29 is 17.9 Å². The van der Waals surface area contributed by atoms with Crippen molar-refractivity contribution in [2.45, 2.75) is 44.6 Å². The number of sulfonamides is 1. The van der Waals surface area contributed by atoms with Gasteiger partial charge in [-0.15, -0.1) is 0 Å². The van der Waals surface area contributed by atoms with Crippen LogP contribution in [0, 0.1) is 13.8 Å². The number of aryl methyl sites for hydroxylation is 2. The number of ether oxygens (including phenoxy) is 1. The first-order valence-electron chi connectivity index (χ1n) is 9.40. The molecule has 0 radical (unpaired) electrons. The lowest BCUT2D eigenvalue weighted by atomic mass is 10.2. The summed E-state index contributed by atoms with van der Waals surface area (Å²) in [6, 6.07) is 12.1. The fourth-order valence-electron chi connectivity index (χ4n) is 3.30. The van der Waals surface area contributed by atoms with Crippen LogP contribution in [0.3, 0.4) is 0 Å². The summed E-state index contributed by atoms with van der Waals surface area (Å²) in [7, 11) is -3.68. The second-order valence-electron chi connectivity index (χ2n) is 7.20. The standard InChI is InChI=1S/C21H26N2O4S/c1-15-7-4-5-8-20(15)27-14-17(3)22-28(25,26)18-10-11-19(16(2)13-18)23-12-6-9-21(23)24/h4-5,7-8,10-11,13,17,22H,6,9,12,14H2,1-3H3/t17-/m1/s1. The molecule has 1 amide bonds. The quantitative estimate of drug-likeness (QED) is 0.772. The summed E-state index contributed by atoms with van der Waals surface area (Å²) in [4.78, 5) is 13.9. The van der Waals surface area contributed by atoms with Crippen molar-refractivity contribution in [3.8, 4) is 5.75 Å². The van der Waals surface area contributed by atoms with Crippen LogP contribution in [-0.4, -0.2) is 33.5 Å². The number of amides is 1. The highest BCUT2D eigenvalue weighted by Gasteiger charge is 2.25. The number of nitrogens with zero attached hydrogens (tertiary/aromatic N) is 1. The minimum atomic E-state index is -3.68. The number of para-hydroxylation sites is 1. The zero-order valence-electron chi connectivity index (χ0n) is 16.4. The number of benzene rings is 2. The minimum Gasteiger partial charge on any atom is -0.492 e. The number of hydrogen-bond acceptors (Lipinski definition) is 4. The van der Waals surface area contributed by atoms with Crippen LogP contribution >= 0.6 is 0 Å². The van der Waals surface area contributed by atoms with E-state index in [9.17, 15) is 13.2 Å². The maximum atomic E-state index is 12.7. The Morgan fingerprint density at radius 1 is 1.14 bits per heavy atom. The van der Waals surface area contributed by atoms with Crippen molar-refractivity contribution in [3.63, 3.8) is 0 Å². The Morgan fingerprint density at radius 3 is 2.54 bits per heavy atom. The largest absolute Gasteiger partial charge is 0.492 e. The lowest BCUT2D eigenvalue weighted by Crippen LogP contribution is -2.36. The molecule has 1 aliphatic heterocycles. The topological polar surface area (TPSA) is 75.7 Å². The van der Waals surface area contributed by atoms with Crippen molar-refractivity contribution in [2.75, 3.05) is 18.1 Å². The molecule has 3 rings (SSSR count). The predicted octanol–water partition coefficient (Wildman–Crippen LogP) is 3.18. The molecule has 28 heavy (non-hydrogen) atoms. The van der Waals surface area contributed by atoms with Gasteiger partial charge in [-0.25, -0.2) is 13.1 Å². The number of carbonyl (C=O) groups is 1. The third-order valence-corrected chi connectivity index (χ3v) is 6.37. The summed E-state index contributed by atoms with van der Waals surface area (Å²) >= 11 is 0. The van der Waals surface area contributed by atoms with Crippen LogP contribution in [0.15, 0.2) is 47.4 Å². The Morgan fingerprint density at radius 2 is 1.89 bits per heavy atom. The van der Waals surface area contributed by atoms with Crippen molar-refractivity contribution in [1.82, 2.24) is 4.72 Å². The second kappa shape index (κ2) is 8.32. The third-order valence-electron chi connectivity index (χ3n) is 4.78. The fourth-order valence-corrected chi connectivity index (χ4v) is 4.61. The average molecular weight is 403 g/mol. The van der Waals surface area contributed by atoms with E-state index >= 15 is 0 Å². The molecular formula is C21H26N2O4S. The molecule has 1 saturated heterocycles. The van der Waals surface area contributed by atoms with Crippen LogP contribution in [0.5, 0.6) is 5.75 Å². The van der Waals surface area contributed by atoms with Gasteiger partial charge in [0.15, 0.2) is 0 Å². The first kappa shape index (κ1) is 20.4. The molecule has 0 aromatic heterocycles. The molecule has 6 nitrogen and oxygen atoms in total. The summed E-state index contributed by atoms with van der Waals surface area (Å²) < 4.78 is 33.8. The SMILES string of the molecule is Cc1ccccc1OC[C@@H](C)NS(=O)(=O)c1ccc(N2CCCC2=O)c(C)c1.